The smallest absolute Gasteiger partial charge is 0.281 e. The van der Waals surface area contributed by atoms with Crippen molar-refractivity contribution in [2.24, 2.45) is 0 Å². The summed E-state index contributed by atoms with van der Waals surface area (Å²) >= 11 is 1.48. The van der Waals surface area contributed by atoms with E-state index in [9.17, 15) is 14.7 Å². The first-order chi connectivity index (χ1) is 7.02. The van der Waals surface area contributed by atoms with E-state index in [0.717, 1.165) is 0 Å². The maximum absolute atomic E-state index is 11.2. The van der Waals surface area contributed by atoms with Crippen LogP contribution in [0.15, 0.2) is 0 Å². The Morgan fingerprint density at radius 1 is 1.60 bits per heavy atom. The molecular formula is C8H16N2O4S. The van der Waals surface area contributed by atoms with Gasteiger partial charge in [-0.05, 0) is 18.4 Å². The fourth-order valence-electron chi connectivity index (χ4n) is 0.857. The number of aliphatic carboxylic acids is 1. The number of quaternary nitrogens is 1. The number of amides is 1. The largest absolute Gasteiger partial charge is 0.548 e. The number of aliphatic hydroxyl groups is 1. The van der Waals surface area contributed by atoms with E-state index in [1.807, 2.05) is 6.26 Å². The summed E-state index contributed by atoms with van der Waals surface area (Å²) < 4.78 is 0. The SMILES string of the molecule is CSCC[C@H](NC(=O)[C@@H]([NH3+])CO)C(=O)[O-]. The van der Waals surface area contributed by atoms with Crippen LogP contribution < -0.4 is 16.2 Å². The highest BCUT2D eigenvalue weighted by Gasteiger charge is 2.20. The van der Waals surface area contributed by atoms with Gasteiger partial charge < -0.3 is 26.1 Å². The van der Waals surface area contributed by atoms with Gasteiger partial charge in [0, 0.05) is 0 Å². The van der Waals surface area contributed by atoms with Crippen LogP contribution in [0, 0.1) is 0 Å². The van der Waals surface area contributed by atoms with Gasteiger partial charge in [0.15, 0.2) is 6.04 Å². The average molecular weight is 236 g/mol. The van der Waals surface area contributed by atoms with Crippen LogP contribution >= 0.6 is 11.8 Å². The monoisotopic (exact) mass is 236 g/mol. The third kappa shape index (κ3) is 5.60. The standard InChI is InChI=1S/C8H16N2O4S/c1-15-3-2-6(8(13)14)10-7(12)5(9)4-11/h5-6,11H,2-4,9H2,1H3,(H,10,12)(H,13,14)/t5-,6-/m0/s1. The van der Waals surface area contributed by atoms with Crippen molar-refractivity contribution in [3.05, 3.63) is 0 Å². The Kier molecular flexibility index (Phi) is 7.10. The summed E-state index contributed by atoms with van der Waals surface area (Å²) in [4.78, 5) is 21.9. The first kappa shape index (κ1) is 14.2. The van der Waals surface area contributed by atoms with E-state index < -0.39 is 30.6 Å². The van der Waals surface area contributed by atoms with Gasteiger partial charge in [-0.2, -0.15) is 11.8 Å². The number of carboxylic acids is 1. The Bertz CT molecular complexity index is 225. The second-order valence-electron chi connectivity index (χ2n) is 3.04. The zero-order valence-corrected chi connectivity index (χ0v) is 9.38. The normalized spacial score (nSPS) is 14.3. The van der Waals surface area contributed by atoms with Crippen molar-refractivity contribution in [1.29, 1.82) is 0 Å². The van der Waals surface area contributed by atoms with Gasteiger partial charge in [-0.15, -0.1) is 0 Å². The predicted molar refractivity (Wildman–Crippen MR) is 53.7 cm³/mol. The first-order valence-corrected chi connectivity index (χ1v) is 5.86. The number of hydrogen-bond acceptors (Lipinski definition) is 5. The van der Waals surface area contributed by atoms with Gasteiger partial charge >= 0.3 is 0 Å². The maximum atomic E-state index is 11.2. The summed E-state index contributed by atoms with van der Waals surface area (Å²) in [5, 5.41) is 21.5. The number of nitrogens with one attached hydrogen (secondary N) is 1. The molecule has 0 heterocycles. The third-order valence-electron chi connectivity index (χ3n) is 1.80. The fourth-order valence-corrected chi connectivity index (χ4v) is 1.33. The Morgan fingerprint density at radius 2 is 2.20 bits per heavy atom. The minimum Gasteiger partial charge on any atom is -0.548 e. The summed E-state index contributed by atoms with van der Waals surface area (Å²) in [5.41, 5.74) is 3.37. The van der Waals surface area contributed by atoms with Gasteiger partial charge in [-0.1, -0.05) is 0 Å². The lowest BCUT2D eigenvalue weighted by Crippen LogP contribution is -2.70. The molecule has 0 aliphatic rings. The number of carbonyl (C=O) groups excluding carboxylic acids is 2. The highest BCUT2D eigenvalue weighted by molar-refractivity contribution is 7.98. The fraction of sp³-hybridized carbons (Fsp3) is 0.750. The lowest BCUT2D eigenvalue weighted by Gasteiger charge is -2.19. The van der Waals surface area contributed by atoms with Crippen LogP contribution in [-0.2, 0) is 9.59 Å². The molecule has 0 aromatic carbocycles. The maximum Gasteiger partial charge on any atom is 0.281 e. The molecule has 0 saturated heterocycles. The van der Waals surface area contributed by atoms with E-state index in [1.54, 1.807) is 0 Å². The Hall–Kier alpha value is -0.790. The molecule has 0 aliphatic heterocycles. The van der Waals surface area contributed by atoms with Crippen LogP contribution in [0.1, 0.15) is 6.42 Å². The van der Waals surface area contributed by atoms with Crippen LogP contribution in [0.25, 0.3) is 0 Å². The van der Waals surface area contributed by atoms with Gasteiger partial charge in [-0.25, -0.2) is 0 Å². The first-order valence-electron chi connectivity index (χ1n) is 4.47. The molecule has 0 aromatic rings. The second kappa shape index (κ2) is 7.49. The Labute approximate surface area is 92.2 Å². The van der Waals surface area contributed by atoms with Gasteiger partial charge in [-0.3, -0.25) is 4.79 Å². The molecule has 0 unspecified atom stereocenters. The van der Waals surface area contributed by atoms with Crippen LogP contribution in [-0.4, -0.2) is 47.7 Å². The van der Waals surface area contributed by atoms with E-state index in [2.05, 4.69) is 11.1 Å². The molecule has 0 saturated carbocycles. The van der Waals surface area contributed by atoms with Gasteiger partial charge in [0.1, 0.15) is 6.61 Å². The molecule has 0 fully saturated rings. The summed E-state index contributed by atoms with van der Waals surface area (Å²) in [6, 6.07) is -1.86. The van der Waals surface area contributed by atoms with Gasteiger partial charge in [0.25, 0.3) is 5.91 Å². The number of thioether (sulfide) groups is 1. The molecule has 0 radical (unpaired) electrons. The van der Waals surface area contributed by atoms with E-state index >= 15 is 0 Å². The van der Waals surface area contributed by atoms with E-state index in [-0.39, 0.29) is 0 Å². The van der Waals surface area contributed by atoms with Crippen molar-refractivity contribution in [1.82, 2.24) is 5.32 Å². The molecule has 0 aliphatic carbocycles. The number of aliphatic hydroxyl groups excluding tert-OH is 1. The summed E-state index contributed by atoms with van der Waals surface area (Å²) in [7, 11) is 0. The predicted octanol–water partition coefficient (Wildman–Crippen LogP) is -3.42. The average Bonchev–Trinajstić information content (AvgIpc) is 2.22. The molecule has 15 heavy (non-hydrogen) atoms. The van der Waals surface area contributed by atoms with Crippen molar-refractivity contribution in [3.8, 4) is 0 Å². The zero-order chi connectivity index (χ0) is 11.8. The van der Waals surface area contributed by atoms with Gasteiger partial charge in [0.2, 0.25) is 0 Å². The minimum absolute atomic E-state index is 0.299. The van der Waals surface area contributed by atoms with Crippen LogP contribution in [0.4, 0.5) is 0 Å². The highest BCUT2D eigenvalue weighted by atomic mass is 32.2. The number of hydrogen-bond donors (Lipinski definition) is 3. The van der Waals surface area contributed by atoms with Crippen LogP contribution in [0.3, 0.4) is 0 Å². The molecule has 0 bridgehead atoms. The summed E-state index contributed by atoms with van der Waals surface area (Å²) in [5.74, 6) is -1.28. The van der Waals surface area contributed by atoms with Crippen molar-refractivity contribution in [2.75, 3.05) is 18.6 Å². The van der Waals surface area contributed by atoms with Crippen molar-refractivity contribution < 1.29 is 25.5 Å². The highest BCUT2D eigenvalue weighted by Crippen LogP contribution is 2.00. The van der Waals surface area contributed by atoms with Crippen molar-refractivity contribution in [3.63, 3.8) is 0 Å². The Balaban J connectivity index is 4.16. The van der Waals surface area contributed by atoms with Crippen molar-refractivity contribution >= 4 is 23.6 Å². The summed E-state index contributed by atoms with van der Waals surface area (Å²) in [6.07, 6.45) is 2.14. The second-order valence-corrected chi connectivity index (χ2v) is 4.03. The molecule has 0 aromatic heterocycles. The molecule has 6 nitrogen and oxygen atoms in total. The number of carbonyl (C=O) groups is 2. The molecule has 0 spiro atoms. The third-order valence-corrected chi connectivity index (χ3v) is 2.45. The number of carboxylic acid groups (broad SMARTS) is 1. The molecule has 2 atom stereocenters. The zero-order valence-electron chi connectivity index (χ0n) is 8.56. The molecule has 1 amide bonds. The molecule has 5 N–H and O–H groups in total. The van der Waals surface area contributed by atoms with Crippen molar-refractivity contribution in [2.45, 2.75) is 18.5 Å². The quantitative estimate of drug-likeness (QED) is 0.425. The molecular weight excluding hydrogens is 220 g/mol. The van der Waals surface area contributed by atoms with E-state index in [1.165, 1.54) is 11.8 Å². The number of rotatable bonds is 7. The molecule has 0 rings (SSSR count). The minimum atomic E-state index is -1.32. The molecule has 88 valence electrons. The lowest BCUT2D eigenvalue weighted by molar-refractivity contribution is -0.409. The van der Waals surface area contributed by atoms with Crippen LogP contribution in [0.5, 0.6) is 0 Å². The summed E-state index contributed by atoms with van der Waals surface area (Å²) in [6.45, 7) is -0.409. The molecule has 7 heteroatoms. The van der Waals surface area contributed by atoms with Gasteiger partial charge in [0.05, 0.1) is 12.0 Å². The van der Waals surface area contributed by atoms with Crippen LogP contribution in [0.2, 0.25) is 0 Å². The van der Waals surface area contributed by atoms with E-state index in [4.69, 9.17) is 5.11 Å². The van der Waals surface area contributed by atoms with E-state index in [0.29, 0.717) is 12.2 Å². The Morgan fingerprint density at radius 3 is 2.60 bits per heavy atom. The lowest BCUT2D eigenvalue weighted by atomic mass is 10.2. The topological polar surface area (TPSA) is 117 Å².